The van der Waals surface area contributed by atoms with Gasteiger partial charge in [0, 0.05) is 0 Å². The molecule has 0 radical (unpaired) electrons. The summed E-state index contributed by atoms with van der Waals surface area (Å²) in [4.78, 5) is 3.95. The first-order valence-electron chi connectivity index (χ1n) is 5.47. The Morgan fingerprint density at radius 2 is 1.79 bits per heavy atom. The summed E-state index contributed by atoms with van der Waals surface area (Å²) >= 11 is 0. The van der Waals surface area contributed by atoms with Crippen molar-refractivity contribution in [3.05, 3.63) is 53.7 Å². The van der Waals surface area contributed by atoms with Crippen molar-refractivity contribution in [2.24, 2.45) is 0 Å². The van der Waals surface area contributed by atoms with E-state index >= 15 is 0 Å². The molecule has 1 heterocycles. The summed E-state index contributed by atoms with van der Waals surface area (Å²) < 4.78 is 43.3. The number of nitrogen functional groups attached to an aromatic ring is 1. The van der Waals surface area contributed by atoms with Crippen LogP contribution in [-0.4, -0.2) is 4.98 Å². The number of alkyl halides is 3. The number of hydrogen-bond donors (Lipinski definition) is 1. The Morgan fingerprint density at radius 1 is 1.05 bits per heavy atom. The molecular weight excluding hydrogens is 257 g/mol. The number of para-hydroxylation sites is 1. The van der Waals surface area contributed by atoms with Crippen LogP contribution in [0.3, 0.4) is 0 Å². The third-order valence-corrected chi connectivity index (χ3v) is 2.40. The molecule has 0 bridgehead atoms. The van der Waals surface area contributed by atoms with Gasteiger partial charge < -0.3 is 10.5 Å². The molecule has 1 aromatic carbocycles. The van der Waals surface area contributed by atoms with Gasteiger partial charge in [0.15, 0.2) is 0 Å². The van der Waals surface area contributed by atoms with Crippen LogP contribution in [0.25, 0.3) is 0 Å². The summed E-state index contributed by atoms with van der Waals surface area (Å²) in [5.41, 5.74) is 5.14. The molecule has 0 spiro atoms. The Bertz CT molecular complexity index is 570. The van der Waals surface area contributed by atoms with Crippen molar-refractivity contribution in [1.82, 2.24) is 4.98 Å². The van der Waals surface area contributed by atoms with E-state index in [1.165, 1.54) is 18.2 Å². The van der Waals surface area contributed by atoms with Gasteiger partial charge in [-0.2, -0.15) is 13.2 Å². The molecule has 6 heteroatoms. The van der Waals surface area contributed by atoms with Gasteiger partial charge in [0.2, 0.25) is 0 Å². The van der Waals surface area contributed by atoms with Crippen molar-refractivity contribution in [2.45, 2.75) is 12.8 Å². The van der Waals surface area contributed by atoms with Gasteiger partial charge in [0.05, 0.1) is 11.3 Å². The molecule has 2 rings (SSSR count). The second-order valence-corrected chi connectivity index (χ2v) is 3.84. The zero-order valence-corrected chi connectivity index (χ0v) is 9.82. The van der Waals surface area contributed by atoms with Crippen molar-refractivity contribution in [2.75, 3.05) is 5.73 Å². The minimum Gasteiger partial charge on any atom is -0.487 e. The molecule has 3 nitrogen and oxygen atoms in total. The summed E-state index contributed by atoms with van der Waals surface area (Å²) in [6.07, 6.45) is -4.44. The Kier molecular flexibility index (Phi) is 3.59. The van der Waals surface area contributed by atoms with Gasteiger partial charge in [0.1, 0.15) is 18.2 Å². The van der Waals surface area contributed by atoms with Gasteiger partial charge >= 0.3 is 6.18 Å². The second kappa shape index (κ2) is 5.17. The number of nitrogens with zero attached hydrogens (tertiary/aromatic N) is 1. The zero-order chi connectivity index (χ0) is 13.9. The van der Waals surface area contributed by atoms with E-state index in [4.69, 9.17) is 10.5 Å². The average Bonchev–Trinajstić information content (AvgIpc) is 2.36. The summed E-state index contributed by atoms with van der Waals surface area (Å²) in [6.45, 7) is -0.0713. The lowest BCUT2D eigenvalue weighted by molar-refractivity contribution is -0.139. The molecule has 100 valence electrons. The molecule has 2 N–H and O–H groups in total. The fourth-order valence-electron chi connectivity index (χ4n) is 1.56. The maximum Gasteiger partial charge on any atom is 0.419 e. The number of rotatable bonds is 3. The molecule has 0 fully saturated rings. The van der Waals surface area contributed by atoms with Crippen molar-refractivity contribution >= 4 is 5.82 Å². The van der Waals surface area contributed by atoms with Crippen LogP contribution < -0.4 is 10.5 Å². The Hall–Kier alpha value is -2.24. The maximum absolute atomic E-state index is 12.7. The number of nitrogens with two attached hydrogens (primary N) is 1. The van der Waals surface area contributed by atoms with Crippen LogP contribution in [0.1, 0.15) is 11.3 Å². The van der Waals surface area contributed by atoms with Crippen LogP contribution in [0, 0.1) is 0 Å². The number of hydrogen-bond acceptors (Lipinski definition) is 3. The Balaban J connectivity index is 2.16. The number of halogens is 3. The highest BCUT2D eigenvalue weighted by molar-refractivity contribution is 5.36. The lowest BCUT2D eigenvalue weighted by Gasteiger charge is -2.13. The van der Waals surface area contributed by atoms with E-state index in [0.717, 1.165) is 6.07 Å². The Morgan fingerprint density at radius 3 is 2.47 bits per heavy atom. The van der Waals surface area contributed by atoms with Crippen molar-refractivity contribution in [3.63, 3.8) is 0 Å². The molecule has 0 atom stereocenters. The summed E-state index contributed by atoms with van der Waals surface area (Å²) in [5, 5.41) is 0. The van der Waals surface area contributed by atoms with Gasteiger partial charge in [-0.15, -0.1) is 0 Å². The first-order chi connectivity index (χ1) is 8.97. The smallest absolute Gasteiger partial charge is 0.419 e. The van der Waals surface area contributed by atoms with E-state index in [1.807, 2.05) is 0 Å². The lowest BCUT2D eigenvalue weighted by Crippen LogP contribution is -2.09. The van der Waals surface area contributed by atoms with Gasteiger partial charge in [-0.25, -0.2) is 4.98 Å². The number of benzene rings is 1. The summed E-state index contributed by atoms with van der Waals surface area (Å²) in [7, 11) is 0. The van der Waals surface area contributed by atoms with Crippen LogP contribution in [0.15, 0.2) is 42.5 Å². The minimum atomic E-state index is -4.44. The predicted molar refractivity (Wildman–Crippen MR) is 64.4 cm³/mol. The number of anilines is 1. The first kappa shape index (κ1) is 13.2. The largest absolute Gasteiger partial charge is 0.487 e. The lowest BCUT2D eigenvalue weighted by atomic mass is 10.2. The minimum absolute atomic E-state index is 0.0713. The highest BCUT2D eigenvalue weighted by Crippen LogP contribution is 2.36. The molecule has 0 saturated carbocycles. The number of aromatic nitrogens is 1. The fraction of sp³-hybridized carbons (Fsp3) is 0.154. The highest BCUT2D eigenvalue weighted by Gasteiger charge is 2.33. The number of pyridine rings is 1. The van der Waals surface area contributed by atoms with E-state index in [9.17, 15) is 13.2 Å². The molecule has 19 heavy (non-hydrogen) atoms. The van der Waals surface area contributed by atoms with Crippen LogP contribution in [0.2, 0.25) is 0 Å². The fourth-order valence-corrected chi connectivity index (χ4v) is 1.56. The standard InChI is InChI=1S/C13H11F3N2O/c14-13(15,16)10-5-1-2-6-11(10)19-8-9-4-3-7-12(17)18-9/h1-7H,8H2,(H2,17,18). The number of ether oxygens (including phenoxy) is 1. The highest BCUT2D eigenvalue weighted by atomic mass is 19.4. The normalized spacial score (nSPS) is 11.3. The van der Waals surface area contributed by atoms with Crippen LogP contribution >= 0.6 is 0 Å². The molecule has 1 aromatic heterocycles. The molecule has 0 aliphatic carbocycles. The van der Waals surface area contributed by atoms with Crippen molar-refractivity contribution in [3.8, 4) is 5.75 Å². The van der Waals surface area contributed by atoms with Crippen molar-refractivity contribution < 1.29 is 17.9 Å². The monoisotopic (exact) mass is 268 g/mol. The topological polar surface area (TPSA) is 48.1 Å². The molecule has 0 aliphatic heterocycles. The second-order valence-electron chi connectivity index (χ2n) is 3.84. The molecular formula is C13H11F3N2O. The van der Waals surface area contributed by atoms with Crippen LogP contribution in [0.4, 0.5) is 19.0 Å². The zero-order valence-electron chi connectivity index (χ0n) is 9.82. The van der Waals surface area contributed by atoms with Crippen LogP contribution in [-0.2, 0) is 12.8 Å². The molecule has 0 unspecified atom stereocenters. The van der Waals surface area contributed by atoms with Crippen LogP contribution in [0.5, 0.6) is 5.75 Å². The van der Waals surface area contributed by atoms with Gasteiger partial charge in [-0.05, 0) is 24.3 Å². The Labute approximate surface area is 107 Å². The molecule has 0 amide bonds. The SMILES string of the molecule is Nc1cccc(COc2ccccc2C(F)(F)F)n1. The summed E-state index contributed by atoms with van der Waals surface area (Å²) in [5.74, 6) is 0.0735. The van der Waals surface area contributed by atoms with Gasteiger partial charge in [0.25, 0.3) is 0 Å². The quantitative estimate of drug-likeness (QED) is 0.929. The molecule has 2 aromatic rings. The van der Waals surface area contributed by atoms with E-state index in [1.54, 1.807) is 18.2 Å². The van der Waals surface area contributed by atoms with E-state index in [-0.39, 0.29) is 12.4 Å². The summed E-state index contributed by atoms with van der Waals surface area (Å²) in [6, 6.07) is 9.93. The molecule has 0 saturated heterocycles. The third kappa shape index (κ3) is 3.37. The van der Waals surface area contributed by atoms with E-state index in [0.29, 0.717) is 11.5 Å². The maximum atomic E-state index is 12.7. The van der Waals surface area contributed by atoms with Gasteiger partial charge in [-0.1, -0.05) is 18.2 Å². The van der Waals surface area contributed by atoms with Crippen molar-refractivity contribution in [1.29, 1.82) is 0 Å². The predicted octanol–water partition coefficient (Wildman–Crippen LogP) is 3.26. The first-order valence-corrected chi connectivity index (χ1v) is 5.47. The molecule has 0 aliphatic rings. The average molecular weight is 268 g/mol. The van der Waals surface area contributed by atoms with E-state index < -0.39 is 11.7 Å². The third-order valence-electron chi connectivity index (χ3n) is 2.40. The van der Waals surface area contributed by atoms with Gasteiger partial charge in [-0.3, -0.25) is 0 Å². The van der Waals surface area contributed by atoms with E-state index in [2.05, 4.69) is 4.98 Å².